The zero-order valence-corrected chi connectivity index (χ0v) is 9.99. The number of rotatable bonds is 2. The van der Waals surface area contributed by atoms with E-state index in [-0.39, 0.29) is 5.78 Å². The number of carbonyl (C=O) groups is 1. The lowest BCUT2D eigenvalue weighted by Gasteiger charge is -2.35. The normalized spacial score (nSPS) is 27.2. The summed E-state index contributed by atoms with van der Waals surface area (Å²) in [6.45, 7) is 5.32. The Kier molecular flexibility index (Phi) is 3.49. The number of Topliss-reactive ketones (excluding diaryl/α,β-unsaturated/α-hetero) is 1. The monoisotopic (exact) mass is 225 g/mol. The van der Waals surface area contributed by atoms with E-state index < -0.39 is 0 Å². The molecule has 0 spiro atoms. The first-order valence-electron chi connectivity index (χ1n) is 5.85. The molecular formula is C12H19NO3. The highest BCUT2D eigenvalue weighted by Crippen LogP contribution is 2.29. The van der Waals surface area contributed by atoms with E-state index in [0.717, 1.165) is 38.4 Å². The van der Waals surface area contributed by atoms with E-state index in [2.05, 4.69) is 11.8 Å². The second-order valence-corrected chi connectivity index (χ2v) is 4.52. The minimum atomic E-state index is 0.141. The number of carbonyl (C=O) groups excluding carboxylic acids is 1. The molecule has 2 aliphatic rings. The Balaban J connectivity index is 2.22. The van der Waals surface area contributed by atoms with Gasteiger partial charge in [-0.15, -0.1) is 0 Å². The number of ketones is 1. The molecule has 0 aromatic carbocycles. The van der Waals surface area contributed by atoms with Gasteiger partial charge in [0.2, 0.25) is 0 Å². The largest absolute Gasteiger partial charge is 0.491 e. The molecule has 4 heteroatoms. The number of nitrogens with zero attached hydrogens (tertiary/aromatic N) is 1. The highest BCUT2D eigenvalue weighted by molar-refractivity contribution is 5.95. The van der Waals surface area contributed by atoms with Gasteiger partial charge in [-0.1, -0.05) is 6.92 Å². The van der Waals surface area contributed by atoms with Gasteiger partial charge in [-0.3, -0.25) is 4.79 Å². The van der Waals surface area contributed by atoms with Gasteiger partial charge >= 0.3 is 0 Å². The summed E-state index contributed by atoms with van der Waals surface area (Å²) in [4.78, 5) is 14.1. The SMILES string of the molecule is COC1=C(N2CCOCC2)CC(C)CC1=O. The smallest absolute Gasteiger partial charge is 0.199 e. The molecule has 0 aromatic heterocycles. The van der Waals surface area contributed by atoms with Gasteiger partial charge in [0.05, 0.1) is 26.0 Å². The molecule has 1 atom stereocenters. The van der Waals surface area contributed by atoms with Crippen molar-refractivity contribution in [2.45, 2.75) is 19.8 Å². The van der Waals surface area contributed by atoms with Crippen molar-refractivity contribution in [2.24, 2.45) is 5.92 Å². The minimum Gasteiger partial charge on any atom is -0.491 e. The molecule has 1 fully saturated rings. The third kappa shape index (κ3) is 2.21. The van der Waals surface area contributed by atoms with Gasteiger partial charge in [0.15, 0.2) is 11.5 Å². The van der Waals surface area contributed by atoms with Gasteiger partial charge in [-0.05, 0) is 12.3 Å². The van der Waals surface area contributed by atoms with E-state index in [0.29, 0.717) is 18.1 Å². The maximum atomic E-state index is 11.8. The van der Waals surface area contributed by atoms with Crippen LogP contribution in [-0.4, -0.2) is 44.1 Å². The van der Waals surface area contributed by atoms with Crippen LogP contribution in [0.1, 0.15) is 19.8 Å². The fraction of sp³-hybridized carbons (Fsp3) is 0.750. The van der Waals surface area contributed by atoms with Crippen LogP contribution in [0.25, 0.3) is 0 Å². The lowest BCUT2D eigenvalue weighted by Crippen LogP contribution is -2.39. The molecule has 90 valence electrons. The van der Waals surface area contributed by atoms with Gasteiger partial charge < -0.3 is 14.4 Å². The number of methoxy groups -OCH3 is 1. The molecular weight excluding hydrogens is 206 g/mol. The third-order valence-corrected chi connectivity index (χ3v) is 3.19. The van der Waals surface area contributed by atoms with Crippen LogP contribution in [-0.2, 0) is 14.3 Å². The Hall–Kier alpha value is -1.03. The molecule has 1 unspecified atom stereocenters. The van der Waals surface area contributed by atoms with Gasteiger partial charge in [-0.2, -0.15) is 0 Å². The summed E-state index contributed by atoms with van der Waals surface area (Å²) in [5.74, 6) is 1.13. The van der Waals surface area contributed by atoms with Crippen molar-refractivity contribution in [2.75, 3.05) is 33.4 Å². The summed E-state index contributed by atoms with van der Waals surface area (Å²) in [7, 11) is 1.59. The standard InChI is InChI=1S/C12H19NO3/c1-9-7-10(12(15-2)11(14)8-9)13-3-5-16-6-4-13/h9H,3-8H2,1-2H3. The Morgan fingerprint density at radius 3 is 2.62 bits per heavy atom. The summed E-state index contributed by atoms with van der Waals surface area (Å²) in [6, 6.07) is 0. The Labute approximate surface area is 96.2 Å². The molecule has 2 rings (SSSR count). The second kappa shape index (κ2) is 4.87. The van der Waals surface area contributed by atoms with Gasteiger partial charge in [0, 0.05) is 19.5 Å². The molecule has 0 aromatic rings. The average molecular weight is 225 g/mol. The lowest BCUT2D eigenvalue weighted by atomic mass is 9.90. The first kappa shape index (κ1) is 11.5. The minimum absolute atomic E-state index is 0.141. The number of hydrogen-bond donors (Lipinski definition) is 0. The molecule has 16 heavy (non-hydrogen) atoms. The second-order valence-electron chi connectivity index (χ2n) is 4.52. The first-order valence-corrected chi connectivity index (χ1v) is 5.85. The fourth-order valence-electron chi connectivity index (χ4n) is 2.40. The number of allylic oxidation sites excluding steroid dienone is 2. The van der Waals surface area contributed by atoms with Crippen molar-refractivity contribution in [3.8, 4) is 0 Å². The summed E-state index contributed by atoms with van der Waals surface area (Å²) < 4.78 is 10.6. The molecule has 1 aliphatic carbocycles. The zero-order chi connectivity index (χ0) is 11.5. The summed E-state index contributed by atoms with van der Waals surface area (Å²) in [6.07, 6.45) is 1.55. The average Bonchev–Trinajstić information content (AvgIpc) is 2.29. The molecule has 0 bridgehead atoms. The van der Waals surface area contributed by atoms with E-state index >= 15 is 0 Å². The van der Waals surface area contributed by atoms with Crippen LogP contribution in [0.3, 0.4) is 0 Å². The van der Waals surface area contributed by atoms with Crippen LogP contribution in [0.15, 0.2) is 11.5 Å². The molecule has 0 N–H and O–H groups in total. The molecule has 0 saturated carbocycles. The molecule has 0 radical (unpaired) electrons. The maximum Gasteiger partial charge on any atom is 0.199 e. The quantitative estimate of drug-likeness (QED) is 0.707. The number of ether oxygens (including phenoxy) is 2. The van der Waals surface area contributed by atoms with E-state index in [1.165, 1.54) is 0 Å². The van der Waals surface area contributed by atoms with E-state index in [4.69, 9.17) is 9.47 Å². The Bertz CT molecular complexity index is 305. The van der Waals surface area contributed by atoms with Crippen LogP contribution in [0.5, 0.6) is 0 Å². The van der Waals surface area contributed by atoms with E-state index in [1.54, 1.807) is 7.11 Å². The van der Waals surface area contributed by atoms with Crippen molar-refractivity contribution in [1.82, 2.24) is 4.90 Å². The predicted octanol–water partition coefficient (Wildman–Crippen LogP) is 1.18. The van der Waals surface area contributed by atoms with Crippen molar-refractivity contribution in [3.63, 3.8) is 0 Å². The lowest BCUT2D eigenvalue weighted by molar-refractivity contribution is -0.120. The number of hydrogen-bond acceptors (Lipinski definition) is 4. The zero-order valence-electron chi connectivity index (χ0n) is 9.99. The highest BCUT2D eigenvalue weighted by atomic mass is 16.5. The molecule has 1 saturated heterocycles. The van der Waals surface area contributed by atoms with E-state index in [9.17, 15) is 4.79 Å². The van der Waals surface area contributed by atoms with Crippen LogP contribution < -0.4 is 0 Å². The Morgan fingerprint density at radius 1 is 1.31 bits per heavy atom. The summed E-state index contributed by atoms with van der Waals surface area (Å²) in [5.41, 5.74) is 1.08. The Morgan fingerprint density at radius 2 is 2.00 bits per heavy atom. The van der Waals surface area contributed by atoms with Crippen molar-refractivity contribution < 1.29 is 14.3 Å². The van der Waals surface area contributed by atoms with Crippen LogP contribution in [0, 0.1) is 5.92 Å². The van der Waals surface area contributed by atoms with Gasteiger partial charge in [0.25, 0.3) is 0 Å². The van der Waals surface area contributed by atoms with Crippen molar-refractivity contribution in [1.29, 1.82) is 0 Å². The third-order valence-electron chi connectivity index (χ3n) is 3.19. The van der Waals surface area contributed by atoms with Crippen LogP contribution in [0.4, 0.5) is 0 Å². The topological polar surface area (TPSA) is 38.8 Å². The molecule has 4 nitrogen and oxygen atoms in total. The van der Waals surface area contributed by atoms with Crippen molar-refractivity contribution in [3.05, 3.63) is 11.5 Å². The maximum absolute atomic E-state index is 11.8. The number of morpholine rings is 1. The van der Waals surface area contributed by atoms with Crippen molar-refractivity contribution >= 4 is 5.78 Å². The summed E-state index contributed by atoms with van der Waals surface area (Å²) >= 11 is 0. The van der Waals surface area contributed by atoms with Crippen LogP contribution >= 0.6 is 0 Å². The van der Waals surface area contributed by atoms with E-state index in [1.807, 2.05) is 0 Å². The molecule has 0 amide bonds. The first-order chi connectivity index (χ1) is 7.72. The summed E-state index contributed by atoms with van der Waals surface area (Å²) in [5, 5.41) is 0. The predicted molar refractivity (Wildman–Crippen MR) is 59.8 cm³/mol. The van der Waals surface area contributed by atoms with Gasteiger partial charge in [-0.25, -0.2) is 0 Å². The van der Waals surface area contributed by atoms with Gasteiger partial charge in [0.1, 0.15) is 0 Å². The van der Waals surface area contributed by atoms with Crippen LogP contribution in [0.2, 0.25) is 0 Å². The fourth-order valence-corrected chi connectivity index (χ4v) is 2.40. The molecule has 1 aliphatic heterocycles. The molecule has 1 heterocycles. The highest BCUT2D eigenvalue weighted by Gasteiger charge is 2.29.